The molecular weight excluding hydrogens is 298 g/mol. The Morgan fingerprint density at radius 1 is 1.13 bits per heavy atom. The second kappa shape index (κ2) is 5.53. The fourth-order valence-electron chi connectivity index (χ4n) is 3.61. The smallest absolute Gasteiger partial charge is 0.132 e. The Morgan fingerprint density at radius 3 is 2.65 bits per heavy atom. The van der Waals surface area contributed by atoms with E-state index >= 15 is 0 Å². The molecule has 0 aliphatic carbocycles. The standard InChI is InChI=1S/C17H18F2N4/c1-11-4-17(21-10-20-11)22-8-14-6-15(9-22)23(14)7-12-5-13(18)2-3-16(12)19/h2-5,10,14-15H,6-9H2,1H3. The first-order valence-corrected chi connectivity index (χ1v) is 7.83. The molecule has 6 heteroatoms. The van der Waals surface area contributed by atoms with Crippen LogP contribution in [0.5, 0.6) is 0 Å². The normalized spacial score (nSPS) is 23.7. The molecule has 2 aromatic rings. The maximum Gasteiger partial charge on any atom is 0.132 e. The van der Waals surface area contributed by atoms with Crippen LogP contribution < -0.4 is 4.90 Å². The van der Waals surface area contributed by atoms with Gasteiger partial charge in [-0.2, -0.15) is 0 Å². The number of aryl methyl sites for hydroxylation is 1. The van der Waals surface area contributed by atoms with Gasteiger partial charge in [-0.15, -0.1) is 0 Å². The molecule has 2 unspecified atom stereocenters. The second-order valence-electron chi connectivity index (χ2n) is 6.37. The molecular formula is C17H18F2N4. The van der Waals surface area contributed by atoms with Gasteiger partial charge in [0.05, 0.1) is 0 Å². The van der Waals surface area contributed by atoms with E-state index in [0.717, 1.165) is 37.1 Å². The van der Waals surface area contributed by atoms with Gasteiger partial charge in [0, 0.05) is 49.0 Å². The van der Waals surface area contributed by atoms with E-state index in [2.05, 4.69) is 19.8 Å². The lowest BCUT2D eigenvalue weighted by Crippen LogP contribution is -2.68. The summed E-state index contributed by atoms with van der Waals surface area (Å²) in [6.07, 6.45) is 2.70. The largest absolute Gasteiger partial charge is 0.353 e. The Balaban J connectivity index is 1.46. The van der Waals surface area contributed by atoms with Crippen LogP contribution in [0.2, 0.25) is 0 Å². The minimum atomic E-state index is -0.384. The fourth-order valence-corrected chi connectivity index (χ4v) is 3.61. The molecule has 3 saturated heterocycles. The van der Waals surface area contributed by atoms with Crippen LogP contribution in [-0.2, 0) is 6.54 Å². The van der Waals surface area contributed by atoms with E-state index in [1.54, 1.807) is 6.33 Å². The summed E-state index contributed by atoms with van der Waals surface area (Å²) in [5.41, 5.74) is 1.39. The molecule has 120 valence electrons. The van der Waals surface area contributed by atoms with Crippen molar-refractivity contribution in [3.05, 3.63) is 53.5 Å². The molecule has 4 nitrogen and oxygen atoms in total. The molecule has 0 radical (unpaired) electrons. The topological polar surface area (TPSA) is 32.3 Å². The third-order valence-electron chi connectivity index (χ3n) is 4.82. The Kier molecular flexibility index (Phi) is 3.49. The van der Waals surface area contributed by atoms with Crippen LogP contribution in [0.15, 0.2) is 30.6 Å². The van der Waals surface area contributed by atoms with E-state index in [4.69, 9.17) is 0 Å². The summed E-state index contributed by atoms with van der Waals surface area (Å²) in [4.78, 5) is 13.0. The molecule has 5 rings (SSSR count). The van der Waals surface area contributed by atoms with Gasteiger partial charge in [0.2, 0.25) is 0 Å². The van der Waals surface area contributed by atoms with Gasteiger partial charge in [-0.3, -0.25) is 4.90 Å². The van der Waals surface area contributed by atoms with Gasteiger partial charge >= 0.3 is 0 Å². The van der Waals surface area contributed by atoms with Crippen molar-refractivity contribution < 1.29 is 8.78 Å². The number of rotatable bonds is 3. The number of halogens is 2. The molecule has 1 aromatic carbocycles. The van der Waals surface area contributed by atoms with Gasteiger partial charge in [0.25, 0.3) is 0 Å². The lowest BCUT2D eigenvalue weighted by Gasteiger charge is -2.56. The van der Waals surface area contributed by atoms with Crippen LogP contribution in [0.3, 0.4) is 0 Å². The van der Waals surface area contributed by atoms with Crippen molar-refractivity contribution in [2.45, 2.75) is 32.0 Å². The minimum Gasteiger partial charge on any atom is -0.353 e. The molecule has 0 amide bonds. The van der Waals surface area contributed by atoms with Gasteiger partial charge in [0.1, 0.15) is 23.8 Å². The summed E-state index contributed by atoms with van der Waals surface area (Å²) in [7, 11) is 0. The molecule has 23 heavy (non-hydrogen) atoms. The van der Waals surface area contributed by atoms with E-state index in [1.807, 2.05) is 13.0 Å². The van der Waals surface area contributed by atoms with Crippen LogP contribution >= 0.6 is 0 Å². The summed E-state index contributed by atoms with van der Waals surface area (Å²) in [5, 5.41) is 0. The minimum absolute atomic E-state index is 0.334. The van der Waals surface area contributed by atoms with Crippen LogP contribution in [0.4, 0.5) is 14.6 Å². The molecule has 3 aliphatic rings. The highest BCUT2D eigenvalue weighted by Gasteiger charge is 2.44. The average Bonchev–Trinajstić information content (AvgIpc) is 2.55. The van der Waals surface area contributed by atoms with Crippen molar-refractivity contribution in [1.29, 1.82) is 0 Å². The maximum atomic E-state index is 13.8. The highest BCUT2D eigenvalue weighted by Crippen LogP contribution is 2.35. The molecule has 0 spiro atoms. The molecule has 3 fully saturated rings. The highest BCUT2D eigenvalue weighted by atomic mass is 19.1. The van der Waals surface area contributed by atoms with Crippen molar-refractivity contribution in [3.63, 3.8) is 0 Å². The number of piperazine rings is 1. The third kappa shape index (κ3) is 2.67. The van der Waals surface area contributed by atoms with Gasteiger partial charge in [-0.25, -0.2) is 18.7 Å². The van der Waals surface area contributed by atoms with Gasteiger partial charge < -0.3 is 4.90 Å². The van der Waals surface area contributed by atoms with Gasteiger partial charge in [-0.05, 0) is 31.5 Å². The van der Waals surface area contributed by atoms with E-state index in [-0.39, 0.29) is 11.6 Å². The quantitative estimate of drug-likeness (QED) is 0.871. The zero-order valence-corrected chi connectivity index (χ0v) is 12.9. The van der Waals surface area contributed by atoms with Gasteiger partial charge in [0.15, 0.2) is 0 Å². The average molecular weight is 316 g/mol. The fraction of sp³-hybridized carbons (Fsp3) is 0.412. The molecule has 1 aromatic heterocycles. The Bertz CT molecular complexity index is 724. The van der Waals surface area contributed by atoms with E-state index in [0.29, 0.717) is 24.2 Å². The van der Waals surface area contributed by atoms with Crippen LogP contribution in [0, 0.1) is 18.6 Å². The Morgan fingerprint density at radius 2 is 1.91 bits per heavy atom. The molecule has 0 saturated carbocycles. The maximum absolute atomic E-state index is 13.8. The predicted octanol–water partition coefficient (Wildman–Crippen LogP) is 2.53. The predicted molar refractivity (Wildman–Crippen MR) is 83.1 cm³/mol. The monoisotopic (exact) mass is 316 g/mol. The van der Waals surface area contributed by atoms with Crippen molar-refractivity contribution in [2.24, 2.45) is 0 Å². The van der Waals surface area contributed by atoms with Crippen molar-refractivity contribution in [1.82, 2.24) is 14.9 Å². The molecule has 3 aliphatic heterocycles. The lowest BCUT2D eigenvalue weighted by molar-refractivity contribution is -0.00954. The summed E-state index contributed by atoms with van der Waals surface area (Å²) in [6, 6.07) is 6.39. The van der Waals surface area contributed by atoms with E-state index < -0.39 is 0 Å². The molecule has 2 bridgehead atoms. The number of hydrogen-bond acceptors (Lipinski definition) is 4. The number of piperidine rings is 1. The number of hydrogen-bond donors (Lipinski definition) is 0. The lowest BCUT2D eigenvalue weighted by atomic mass is 9.86. The van der Waals surface area contributed by atoms with Crippen LogP contribution in [0.1, 0.15) is 17.7 Å². The zero-order chi connectivity index (χ0) is 16.0. The summed E-state index contributed by atoms with van der Waals surface area (Å²) in [6.45, 7) is 4.15. The van der Waals surface area contributed by atoms with Crippen LogP contribution in [0.25, 0.3) is 0 Å². The number of fused-ring (bicyclic) bond motifs is 2. The summed E-state index contributed by atoms with van der Waals surface area (Å²) in [5.74, 6) is 0.230. The first-order chi connectivity index (χ1) is 11.1. The van der Waals surface area contributed by atoms with Crippen molar-refractivity contribution in [3.8, 4) is 0 Å². The van der Waals surface area contributed by atoms with Crippen molar-refractivity contribution >= 4 is 5.82 Å². The SMILES string of the molecule is Cc1cc(N2CC3CC(C2)N3Cc2cc(F)ccc2F)ncn1. The highest BCUT2D eigenvalue weighted by molar-refractivity contribution is 5.41. The number of aromatic nitrogens is 2. The first kappa shape index (κ1) is 14.5. The Labute approximate surface area is 133 Å². The Hall–Kier alpha value is -2.08. The van der Waals surface area contributed by atoms with E-state index in [1.165, 1.54) is 12.1 Å². The molecule has 0 N–H and O–H groups in total. The first-order valence-electron chi connectivity index (χ1n) is 7.83. The number of benzene rings is 1. The van der Waals surface area contributed by atoms with Crippen LogP contribution in [-0.4, -0.2) is 40.0 Å². The van der Waals surface area contributed by atoms with Gasteiger partial charge in [-0.1, -0.05) is 0 Å². The third-order valence-corrected chi connectivity index (χ3v) is 4.82. The second-order valence-corrected chi connectivity index (χ2v) is 6.37. The molecule has 2 atom stereocenters. The molecule has 4 heterocycles. The summed E-state index contributed by atoms with van der Waals surface area (Å²) < 4.78 is 27.2. The van der Waals surface area contributed by atoms with Crippen molar-refractivity contribution in [2.75, 3.05) is 18.0 Å². The number of nitrogens with zero attached hydrogens (tertiary/aromatic N) is 4. The van der Waals surface area contributed by atoms with E-state index in [9.17, 15) is 8.78 Å². The summed E-state index contributed by atoms with van der Waals surface area (Å²) >= 11 is 0. The zero-order valence-electron chi connectivity index (χ0n) is 12.9. The number of anilines is 1.